The summed E-state index contributed by atoms with van der Waals surface area (Å²) < 4.78 is 13.5. The number of para-hydroxylation sites is 1. The maximum Gasteiger partial charge on any atom is 0.329 e. The van der Waals surface area contributed by atoms with Crippen LogP contribution in [-0.2, 0) is 9.05 Å². The Morgan fingerprint density at radius 2 is 1.50 bits per heavy atom. The minimum atomic E-state index is -1.58. The van der Waals surface area contributed by atoms with Gasteiger partial charge in [-0.1, -0.05) is 18.2 Å². The molecule has 14 heavy (non-hydrogen) atoms. The predicted octanol–water partition coefficient (Wildman–Crippen LogP) is 2.19. The number of ether oxygens (including phenoxy) is 1. The molecular weight excluding hydrogens is 203 g/mol. The maximum absolute atomic E-state index is 8.29. The number of hydrogen-bond donors (Lipinski definition) is 1. The molecule has 5 heteroatoms. The molecule has 0 atom stereocenters. The molecule has 1 aromatic carbocycles. The molecule has 0 amide bonds. The molecule has 80 valence electrons. The van der Waals surface area contributed by atoms with Gasteiger partial charge in [-0.3, -0.25) is 0 Å². The van der Waals surface area contributed by atoms with Crippen molar-refractivity contribution in [1.29, 1.82) is 0 Å². The Balaban J connectivity index is 0.000000255. The molecule has 0 aliphatic rings. The van der Waals surface area contributed by atoms with E-state index in [-0.39, 0.29) is 0 Å². The van der Waals surface area contributed by atoms with Crippen LogP contribution < -0.4 is 4.74 Å². The number of benzene rings is 1. The van der Waals surface area contributed by atoms with Crippen LogP contribution in [0.3, 0.4) is 0 Å². The number of hydrogen-bond acceptors (Lipinski definition) is 4. The second-order valence-corrected chi connectivity index (χ2v) is 3.33. The van der Waals surface area contributed by atoms with Gasteiger partial charge in [0, 0.05) is 14.2 Å². The van der Waals surface area contributed by atoms with E-state index < -0.39 is 8.60 Å². The van der Waals surface area contributed by atoms with Gasteiger partial charge in [-0.15, -0.1) is 0 Å². The van der Waals surface area contributed by atoms with Crippen LogP contribution in [0.4, 0.5) is 0 Å². The average molecular weight is 218 g/mol. The average Bonchev–Trinajstić information content (AvgIpc) is 2.30. The van der Waals surface area contributed by atoms with Gasteiger partial charge in [0.1, 0.15) is 5.75 Å². The van der Waals surface area contributed by atoms with Crippen molar-refractivity contribution in [3.8, 4) is 5.75 Å². The van der Waals surface area contributed by atoms with Crippen molar-refractivity contribution in [2.45, 2.75) is 0 Å². The van der Waals surface area contributed by atoms with Crippen LogP contribution in [-0.4, -0.2) is 26.2 Å². The Morgan fingerprint density at radius 3 is 1.71 bits per heavy atom. The van der Waals surface area contributed by atoms with Crippen LogP contribution in [0.5, 0.6) is 5.75 Å². The summed E-state index contributed by atoms with van der Waals surface area (Å²) in [5, 5.41) is 0. The van der Waals surface area contributed by atoms with Gasteiger partial charge >= 0.3 is 8.60 Å². The summed E-state index contributed by atoms with van der Waals surface area (Å²) in [5.74, 6) is 0.910. The van der Waals surface area contributed by atoms with Crippen LogP contribution in [0.2, 0.25) is 0 Å². The summed E-state index contributed by atoms with van der Waals surface area (Å²) in [6, 6.07) is 9.68. The van der Waals surface area contributed by atoms with Crippen molar-refractivity contribution < 1.29 is 18.7 Å². The highest BCUT2D eigenvalue weighted by atomic mass is 31.2. The molecule has 1 rings (SSSR count). The molecule has 0 bridgehead atoms. The highest BCUT2D eigenvalue weighted by molar-refractivity contribution is 7.40. The molecule has 0 heterocycles. The minimum Gasteiger partial charge on any atom is -0.497 e. The molecule has 0 fully saturated rings. The van der Waals surface area contributed by atoms with Crippen LogP contribution in [0.15, 0.2) is 30.3 Å². The summed E-state index contributed by atoms with van der Waals surface area (Å²) in [4.78, 5) is 8.29. The summed E-state index contributed by atoms with van der Waals surface area (Å²) in [7, 11) is 2.85. The first-order chi connectivity index (χ1) is 6.74. The van der Waals surface area contributed by atoms with Crippen molar-refractivity contribution in [3.05, 3.63) is 30.3 Å². The molecule has 0 saturated carbocycles. The van der Waals surface area contributed by atoms with Crippen LogP contribution in [0.1, 0.15) is 0 Å². The number of rotatable bonds is 3. The first-order valence-electron chi connectivity index (χ1n) is 3.90. The highest BCUT2D eigenvalue weighted by Gasteiger charge is 1.94. The SMILES string of the molecule is COP(O)OC.COc1ccccc1. The predicted molar refractivity (Wildman–Crippen MR) is 56.2 cm³/mol. The highest BCUT2D eigenvalue weighted by Crippen LogP contribution is 2.28. The van der Waals surface area contributed by atoms with Crippen molar-refractivity contribution >= 4 is 8.60 Å². The lowest BCUT2D eigenvalue weighted by atomic mass is 10.3. The molecule has 0 aliphatic heterocycles. The second-order valence-electron chi connectivity index (χ2n) is 2.12. The van der Waals surface area contributed by atoms with Gasteiger partial charge < -0.3 is 18.7 Å². The summed E-state index contributed by atoms with van der Waals surface area (Å²) >= 11 is 0. The molecule has 0 unspecified atom stereocenters. The standard InChI is InChI=1S/C7H8O.C2H7O3P/c1-8-7-5-3-2-4-6-7;1-4-6(3)5-2/h2-6H,1H3;3H,1-2H3. The molecule has 0 spiro atoms. The van der Waals surface area contributed by atoms with E-state index in [1.165, 1.54) is 14.2 Å². The minimum absolute atomic E-state index is 0.910. The fourth-order valence-corrected chi connectivity index (χ4v) is 0.780. The summed E-state index contributed by atoms with van der Waals surface area (Å²) in [6.07, 6.45) is 0. The fraction of sp³-hybridized carbons (Fsp3) is 0.333. The number of methoxy groups -OCH3 is 1. The Hall–Kier alpha value is -0.670. The normalized spacial score (nSPS) is 9.21. The Bertz CT molecular complexity index is 213. The van der Waals surface area contributed by atoms with Gasteiger partial charge in [-0.25, -0.2) is 0 Å². The molecule has 1 aromatic rings. The van der Waals surface area contributed by atoms with Gasteiger partial charge in [-0.05, 0) is 12.1 Å². The molecule has 4 nitrogen and oxygen atoms in total. The molecule has 0 saturated heterocycles. The molecule has 0 aliphatic carbocycles. The zero-order valence-corrected chi connectivity index (χ0v) is 9.40. The van der Waals surface area contributed by atoms with E-state index >= 15 is 0 Å². The first-order valence-corrected chi connectivity index (χ1v) is 5.03. The molecule has 0 aromatic heterocycles. The van der Waals surface area contributed by atoms with Gasteiger partial charge in [-0.2, -0.15) is 0 Å². The lowest BCUT2D eigenvalue weighted by Crippen LogP contribution is -1.78. The van der Waals surface area contributed by atoms with E-state index in [0.29, 0.717) is 0 Å². The first kappa shape index (κ1) is 13.3. The maximum atomic E-state index is 8.29. The van der Waals surface area contributed by atoms with Gasteiger partial charge in [0.05, 0.1) is 7.11 Å². The summed E-state index contributed by atoms with van der Waals surface area (Å²) in [5.41, 5.74) is 0. The Kier molecular flexibility index (Phi) is 8.48. The van der Waals surface area contributed by atoms with Crippen molar-refractivity contribution in [2.75, 3.05) is 21.3 Å². The Labute approximate surface area is 85.4 Å². The largest absolute Gasteiger partial charge is 0.497 e. The second kappa shape index (κ2) is 8.91. The van der Waals surface area contributed by atoms with E-state index in [2.05, 4.69) is 9.05 Å². The van der Waals surface area contributed by atoms with Crippen LogP contribution in [0, 0.1) is 0 Å². The third-order valence-corrected chi connectivity index (χ3v) is 1.92. The monoisotopic (exact) mass is 218 g/mol. The lowest BCUT2D eigenvalue weighted by Gasteiger charge is -1.98. The third-order valence-electron chi connectivity index (χ3n) is 1.29. The molecule has 1 N–H and O–H groups in total. The smallest absolute Gasteiger partial charge is 0.329 e. The lowest BCUT2D eigenvalue weighted by molar-refractivity contribution is 0.271. The van der Waals surface area contributed by atoms with Crippen LogP contribution >= 0.6 is 8.60 Å². The quantitative estimate of drug-likeness (QED) is 0.790. The molecule has 0 radical (unpaired) electrons. The molecular formula is C9H15O4P. The van der Waals surface area contributed by atoms with E-state index in [1.807, 2.05) is 30.3 Å². The van der Waals surface area contributed by atoms with Crippen molar-refractivity contribution in [1.82, 2.24) is 0 Å². The summed E-state index contributed by atoms with van der Waals surface area (Å²) in [6.45, 7) is 0. The van der Waals surface area contributed by atoms with Crippen molar-refractivity contribution in [3.63, 3.8) is 0 Å². The van der Waals surface area contributed by atoms with Crippen LogP contribution in [0.25, 0.3) is 0 Å². The Morgan fingerprint density at radius 1 is 1.00 bits per heavy atom. The van der Waals surface area contributed by atoms with Gasteiger partial charge in [0.25, 0.3) is 0 Å². The van der Waals surface area contributed by atoms with E-state index in [4.69, 9.17) is 9.63 Å². The zero-order valence-electron chi connectivity index (χ0n) is 8.51. The van der Waals surface area contributed by atoms with Gasteiger partial charge in [0.15, 0.2) is 0 Å². The topological polar surface area (TPSA) is 47.9 Å². The van der Waals surface area contributed by atoms with E-state index in [0.717, 1.165) is 5.75 Å². The fourth-order valence-electron chi connectivity index (χ4n) is 0.631. The van der Waals surface area contributed by atoms with E-state index in [1.54, 1.807) is 7.11 Å². The zero-order chi connectivity index (χ0) is 10.8. The van der Waals surface area contributed by atoms with Gasteiger partial charge in [0.2, 0.25) is 0 Å². The third kappa shape index (κ3) is 6.80. The van der Waals surface area contributed by atoms with Crippen molar-refractivity contribution in [2.24, 2.45) is 0 Å². The van der Waals surface area contributed by atoms with E-state index in [9.17, 15) is 0 Å².